The van der Waals surface area contributed by atoms with Gasteiger partial charge in [-0.05, 0) is 32.0 Å². The van der Waals surface area contributed by atoms with Crippen molar-refractivity contribution in [1.29, 1.82) is 0 Å². The zero-order valence-electron chi connectivity index (χ0n) is 7.13. The molecule has 0 spiro atoms. The van der Waals surface area contributed by atoms with Crippen LogP contribution < -0.4 is 5.43 Å². The van der Waals surface area contributed by atoms with Gasteiger partial charge in [-0.3, -0.25) is 5.43 Å². The molecule has 0 radical (unpaired) electrons. The summed E-state index contributed by atoms with van der Waals surface area (Å²) >= 11 is 0. The predicted octanol–water partition coefficient (Wildman–Crippen LogP) is 2.63. The standard InChI is InChI=1S/C9H11FN2/c1-7(2)11-12-9-5-3-4-8(10)6-9/h3-6,12H,1-2H3. The fourth-order valence-electron chi connectivity index (χ4n) is 0.734. The zero-order valence-corrected chi connectivity index (χ0v) is 7.13. The van der Waals surface area contributed by atoms with E-state index in [0.29, 0.717) is 5.69 Å². The Bertz CT molecular complexity index is 290. The molecule has 2 nitrogen and oxygen atoms in total. The number of hydrogen-bond acceptors (Lipinski definition) is 2. The maximum absolute atomic E-state index is 12.6. The third kappa shape index (κ3) is 2.70. The highest BCUT2D eigenvalue weighted by Crippen LogP contribution is 2.08. The summed E-state index contributed by atoms with van der Waals surface area (Å²) in [5.74, 6) is -0.260. The molecule has 0 aliphatic rings. The molecule has 64 valence electrons. The minimum absolute atomic E-state index is 0.260. The summed E-state index contributed by atoms with van der Waals surface area (Å²) in [6.45, 7) is 3.73. The second kappa shape index (κ2) is 3.85. The Morgan fingerprint density at radius 2 is 2.17 bits per heavy atom. The Hall–Kier alpha value is -1.38. The van der Waals surface area contributed by atoms with Gasteiger partial charge in [-0.15, -0.1) is 0 Å². The molecule has 0 heterocycles. The van der Waals surface area contributed by atoms with E-state index in [9.17, 15) is 4.39 Å². The number of anilines is 1. The molecule has 0 bridgehead atoms. The smallest absolute Gasteiger partial charge is 0.125 e. The summed E-state index contributed by atoms with van der Waals surface area (Å²) in [6, 6.07) is 6.19. The number of halogens is 1. The highest BCUT2D eigenvalue weighted by atomic mass is 19.1. The van der Waals surface area contributed by atoms with Crippen molar-refractivity contribution >= 4 is 11.4 Å². The molecule has 1 aromatic carbocycles. The molecule has 0 fully saturated rings. The van der Waals surface area contributed by atoms with Gasteiger partial charge in [0, 0.05) is 5.71 Å². The van der Waals surface area contributed by atoms with Crippen molar-refractivity contribution in [2.75, 3.05) is 5.43 Å². The van der Waals surface area contributed by atoms with Gasteiger partial charge in [0.15, 0.2) is 0 Å². The number of benzene rings is 1. The second-order valence-corrected chi connectivity index (χ2v) is 2.68. The van der Waals surface area contributed by atoms with Crippen LogP contribution in [0.15, 0.2) is 29.4 Å². The zero-order chi connectivity index (χ0) is 8.97. The summed E-state index contributed by atoms with van der Waals surface area (Å²) in [7, 11) is 0. The van der Waals surface area contributed by atoms with E-state index in [1.165, 1.54) is 12.1 Å². The molecule has 1 aromatic rings. The lowest BCUT2D eigenvalue weighted by Gasteiger charge is -1.99. The summed E-state index contributed by atoms with van der Waals surface area (Å²) < 4.78 is 12.6. The molecule has 0 atom stereocenters. The maximum Gasteiger partial charge on any atom is 0.125 e. The van der Waals surface area contributed by atoms with Gasteiger partial charge in [0.2, 0.25) is 0 Å². The minimum Gasteiger partial charge on any atom is -0.278 e. The molecular weight excluding hydrogens is 155 g/mol. The summed E-state index contributed by atoms with van der Waals surface area (Å²) in [5.41, 5.74) is 4.30. The molecule has 0 unspecified atom stereocenters. The second-order valence-electron chi connectivity index (χ2n) is 2.68. The van der Waals surface area contributed by atoms with Crippen LogP contribution in [0.2, 0.25) is 0 Å². The molecular formula is C9H11FN2. The summed E-state index contributed by atoms with van der Waals surface area (Å²) in [6.07, 6.45) is 0. The van der Waals surface area contributed by atoms with E-state index < -0.39 is 0 Å². The summed E-state index contributed by atoms with van der Waals surface area (Å²) in [5, 5.41) is 3.94. The van der Waals surface area contributed by atoms with Gasteiger partial charge in [-0.1, -0.05) is 6.07 Å². The molecule has 0 aromatic heterocycles. The number of rotatable bonds is 2. The number of hydrazone groups is 1. The molecule has 1 N–H and O–H groups in total. The quantitative estimate of drug-likeness (QED) is 0.530. The highest BCUT2D eigenvalue weighted by molar-refractivity contribution is 5.79. The Balaban J connectivity index is 2.70. The average Bonchev–Trinajstić information content (AvgIpc) is 2.01. The first-order valence-electron chi connectivity index (χ1n) is 3.71. The Morgan fingerprint density at radius 1 is 1.42 bits per heavy atom. The first-order valence-corrected chi connectivity index (χ1v) is 3.71. The topological polar surface area (TPSA) is 24.4 Å². The molecule has 0 saturated heterocycles. The predicted molar refractivity (Wildman–Crippen MR) is 48.8 cm³/mol. The fraction of sp³-hybridized carbons (Fsp3) is 0.222. The van der Waals surface area contributed by atoms with Gasteiger partial charge in [-0.2, -0.15) is 5.10 Å². The molecule has 0 aliphatic carbocycles. The average molecular weight is 166 g/mol. The lowest BCUT2D eigenvalue weighted by Crippen LogP contribution is -1.92. The highest BCUT2D eigenvalue weighted by Gasteiger charge is 1.91. The van der Waals surface area contributed by atoms with Crippen LogP contribution in [0.25, 0.3) is 0 Å². The number of nitrogens with one attached hydrogen (secondary N) is 1. The number of nitrogens with zero attached hydrogens (tertiary/aromatic N) is 1. The Kier molecular flexibility index (Phi) is 2.80. The number of hydrogen-bond donors (Lipinski definition) is 1. The van der Waals surface area contributed by atoms with Crippen LogP contribution in [0.3, 0.4) is 0 Å². The van der Waals surface area contributed by atoms with Gasteiger partial charge in [0.25, 0.3) is 0 Å². The lowest BCUT2D eigenvalue weighted by atomic mass is 10.3. The van der Waals surface area contributed by atoms with E-state index in [0.717, 1.165) is 5.71 Å². The van der Waals surface area contributed by atoms with Crippen LogP contribution in [-0.2, 0) is 0 Å². The first-order chi connectivity index (χ1) is 5.68. The lowest BCUT2D eigenvalue weighted by molar-refractivity contribution is 0.628. The molecule has 0 saturated carbocycles. The third-order valence-corrected chi connectivity index (χ3v) is 1.23. The van der Waals surface area contributed by atoms with Crippen LogP contribution in [0.4, 0.5) is 10.1 Å². The van der Waals surface area contributed by atoms with Gasteiger partial charge < -0.3 is 0 Å². The van der Waals surface area contributed by atoms with E-state index >= 15 is 0 Å². The van der Waals surface area contributed by atoms with Crippen molar-refractivity contribution in [3.05, 3.63) is 30.1 Å². The molecule has 12 heavy (non-hydrogen) atoms. The fourth-order valence-corrected chi connectivity index (χ4v) is 0.734. The molecule has 0 aliphatic heterocycles. The van der Waals surface area contributed by atoms with Crippen molar-refractivity contribution in [3.63, 3.8) is 0 Å². The van der Waals surface area contributed by atoms with E-state index in [1.807, 2.05) is 13.8 Å². The van der Waals surface area contributed by atoms with Gasteiger partial charge in [0.05, 0.1) is 5.69 Å². The van der Waals surface area contributed by atoms with Crippen molar-refractivity contribution in [2.24, 2.45) is 5.10 Å². The summed E-state index contributed by atoms with van der Waals surface area (Å²) in [4.78, 5) is 0. The van der Waals surface area contributed by atoms with Crippen molar-refractivity contribution < 1.29 is 4.39 Å². The van der Waals surface area contributed by atoms with E-state index in [2.05, 4.69) is 10.5 Å². The monoisotopic (exact) mass is 166 g/mol. The van der Waals surface area contributed by atoms with E-state index in [1.54, 1.807) is 12.1 Å². The van der Waals surface area contributed by atoms with E-state index in [-0.39, 0.29) is 5.82 Å². The van der Waals surface area contributed by atoms with Crippen molar-refractivity contribution in [3.8, 4) is 0 Å². The maximum atomic E-state index is 12.6. The Morgan fingerprint density at radius 3 is 2.75 bits per heavy atom. The van der Waals surface area contributed by atoms with Crippen LogP contribution in [0, 0.1) is 5.82 Å². The van der Waals surface area contributed by atoms with Crippen molar-refractivity contribution in [1.82, 2.24) is 0 Å². The largest absolute Gasteiger partial charge is 0.278 e. The SMILES string of the molecule is CC(C)=NNc1cccc(F)c1. The van der Waals surface area contributed by atoms with Crippen LogP contribution in [0.5, 0.6) is 0 Å². The molecule has 3 heteroatoms. The van der Waals surface area contributed by atoms with Gasteiger partial charge >= 0.3 is 0 Å². The van der Waals surface area contributed by atoms with Crippen LogP contribution in [0.1, 0.15) is 13.8 Å². The van der Waals surface area contributed by atoms with Crippen LogP contribution >= 0.6 is 0 Å². The first kappa shape index (κ1) is 8.71. The van der Waals surface area contributed by atoms with E-state index in [4.69, 9.17) is 0 Å². The molecule has 0 amide bonds. The van der Waals surface area contributed by atoms with Crippen LogP contribution in [-0.4, -0.2) is 5.71 Å². The van der Waals surface area contributed by atoms with Gasteiger partial charge in [0.1, 0.15) is 5.82 Å². The Labute approximate surface area is 71.1 Å². The normalized spacial score (nSPS) is 9.25. The third-order valence-electron chi connectivity index (χ3n) is 1.23. The van der Waals surface area contributed by atoms with Crippen molar-refractivity contribution in [2.45, 2.75) is 13.8 Å². The van der Waals surface area contributed by atoms with Gasteiger partial charge in [-0.25, -0.2) is 4.39 Å². The minimum atomic E-state index is -0.260. The molecule has 1 rings (SSSR count).